The summed E-state index contributed by atoms with van der Waals surface area (Å²) in [6.45, 7) is 1.70. The molecule has 0 saturated carbocycles. The van der Waals surface area contributed by atoms with Crippen LogP contribution in [0.1, 0.15) is 16.2 Å². The Bertz CT molecular complexity index is 548. The van der Waals surface area contributed by atoms with Crippen LogP contribution in [0.2, 0.25) is 5.02 Å². The SMILES string of the molecule is COC(=O)c1nn(-c2ccc(Cl)cc2)nc1C. The second kappa shape index (κ2) is 4.55. The van der Waals surface area contributed by atoms with Crippen LogP contribution in [0.3, 0.4) is 0 Å². The zero-order valence-corrected chi connectivity index (χ0v) is 10.1. The van der Waals surface area contributed by atoms with Gasteiger partial charge in [0.1, 0.15) is 0 Å². The predicted octanol–water partition coefficient (Wildman–Crippen LogP) is 2.02. The van der Waals surface area contributed by atoms with Gasteiger partial charge in [0.15, 0.2) is 5.69 Å². The lowest BCUT2D eigenvalue weighted by Crippen LogP contribution is -2.05. The van der Waals surface area contributed by atoms with Gasteiger partial charge in [0.05, 0.1) is 18.5 Å². The number of hydrogen-bond donors (Lipinski definition) is 0. The van der Waals surface area contributed by atoms with E-state index in [1.54, 1.807) is 31.2 Å². The Morgan fingerprint density at radius 1 is 1.29 bits per heavy atom. The molecule has 5 nitrogen and oxygen atoms in total. The highest BCUT2D eigenvalue weighted by Crippen LogP contribution is 2.13. The van der Waals surface area contributed by atoms with Crippen molar-refractivity contribution in [2.24, 2.45) is 0 Å². The normalized spacial score (nSPS) is 10.3. The number of carbonyl (C=O) groups is 1. The van der Waals surface area contributed by atoms with Crippen LogP contribution in [0.15, 0.2) is 24.3 Å². The minimum absolute atomic E-state index is 0.211. The quantitative estimate of drug-likeness (QED) is 0.766. The van der Waals surface area contributed by atoms with E-state index in [0.29, 0.717) is 10.7 Å². The van der Waals surface area contributed by atoms with Crippen LogP contribution in [0.5, 0.6) is 0 Å². The number of carbonyl (C=O) groups excluding carboxylic acids is 1. The van der Waals surface area contributed by atoms with Gasteiger partial charge >= 0.3 is 5.97 Å². The number of benzene rings is 1. The molecule has 0 atom stereocenters. The maximum Gasteiger partial charge on any atom is 0.360 e. The minimum Gasteiger partial charge on any atom is -0.464 e. The molecule has 0 spiro atoms. The monoisotopic (exact) mass is 251 g/mol. The minimum atomic E-state index is -0.497. The highest BCUT2D eigenvalue weighted by molar-refractivity contribution is 6.30. The van der Waals surface area contributed by atoms with Crippen LogP contribution >= 0.6 is 11.6 Å². The van der Waals surface area contributed by atoms with Crippen molar-refractivity contribution >= 4 is 17.6 Å². The van der Waals surface area contributed by atoms with Crippen molar-refractivity contribution in [3.63, 3.8) is 0 Å². The number of halogens is 1. The molecule has 0 bridgehead atoms. The van der Waals surface area contributed by atoms with Gasteiger partial charge in [-0.05, 0) is 31.2 Å². The zero-order chi connectivity index (χ0) is 12.4. The molecule has 0 N–H and O–H groups in total. The smallest absolute Gasteiger partial charge is 0.360 e. The number of methoxy groups -OCH3 is 1. The topological polar surface area (TPSA) is 57.0 Å². The molecule has 1 aromatic heterocycles. The van der Waals surface area contributed by atoms with Crippen LogP contribution in [0.4, 0.5) is 0 Å². The summed E-state index contributed by atoms with van der Waals surface area (Å²) in [5.41, 5.74) is 1.46. The summed E-state index contributed by atoms with van der Waals surface area (Å²) in [7, 11) is 1.31. The van der Waals surface area contributed by atoms with E-state index in [2.05, 4.69) is 14.9 Å². The summed E-state index contributed by atoms with van der Waals surface area (Å²) in [6, 6.07) is 6.99. The van der Waals surface area contributed by atoms with Gasteiger partial charge in [-0.1, -0.05) is 11.6 Å². The second-order valence-corrected chi connectivity index (χ2v) is 3.83. The lowest BCUT2D eigenvalue weighted by atomic mass is 10.3. The van der Waals surface area contributed by atoms with E-state index in [4.69, 9.17) is 11.6 Å². The number of aryl methyl sites for hydroxylation is 1. The van der Waals surface area contributed by atoms with E-state index in [1.807, 2.05) is 0 Å². The van der Waals surface area contributed by atoms with Crippen molar-refractivity contribution in [3.05, 3.63) is 40.7 Å². The molecule has 17 heavy (non-hydrogen) atoms. The summed E-state index contributed by atoms with van der Waals surface area (Å²) < 4.78 is 4.61. The van der Waals surface area contributed by atoms with E-state index in [-0.39, 0.29) is 5.69 Å². The molecule has 0 aliphatic heterocycles. The van der Waals surface area contributed by atoms with Crippen molar-refractivity contribution in [1.29, 1.82) is 0 Å². The molecule has 2 aromatic rings. The molecule has 88 valence electrons. The molecule has 0 aliphatic rings. The summed E-state index contributed by atoms with van der Waals surface area (Å²) >= 11 is 5.78. The predicted molar refractivity (Wildman–Crippen MR) is 62.4 cm³/mol. The van der Waals surface area contributed by atoms with Gasteiger partial charge in [-0.3, -0.25) is 0 Å². The van der Waals surface area contributed by atoms with Gasteiger partial charge in [0.2, 0.25) is 0 Å². The summed E-state index contributed by atoms with van der Waals surface area (Å²) in [6.07, 6.45) is 0. The van der Waals surface area contributed by atoms with Crippen LogP contribution in [-0.2, 0) is 4.74 Å². The molecule has 0 saturated heterocycles. The highest BCUT2D eigenvalue weighted by Gasteiger charge is 2.16. The number of hydrogen-bond acceptors (Lipinski definition) is 4. The van der Waals surface area contributed by atoms with Crippen molar-refractivity contribution in [3.8, 4) is 5.69 Å². The first kappa shape index (κ1) is 11.6. The molecule has 0 aliphatic carbocycles. The van der Waals surface area contributed by atoms with Crippen LogP contribution in [0, 0.1) is 6.92 Å². The second-order valence-electron chi connectivity index (χ2n) is 3.39. The van der Waals surface area contributed by atoms with E-state index in [1.165, 1.54) is 11.9 Å². The first-order valence-corrected chi connectivity index (χ1v) is 5.28. The summed E-state index contributed by atoms with van der Waals surface area (Å²) in [5.74, 6) is -0.497. The third-order valence-corrected chi connectivity index (χ3v) is 2.47. The molecule has 0 fully saturated rings. The third-order valence-electron chi connectivity index (χ3n) is 2.22. The average molecular weight is 252 g/mol. The van der Waals surface area contributed by atoms with E-state index >= 15 is 0 Å². The summed E-state index contributed by atoms with van der Waals surface area (Å²) in [5, 5.41) is 8.84. The molecule has 2 rings (SSSR count). The lowest BCUT2D eigenvalue weighted by Gasteiger charge is -1.98. The fraction of sp³-hybridized carbons (Fsp3) is 0.182. The first-order valence-electron chi connectivity index (χ1n) is 4.90. The van der Waals surface area contributed by atoms with E-state index in [9.17, 15) is 4.79 Å². The van der Waals surface area contributed by atoms with Gasteiger partial charge < -0.3 is 4.74 Å². The largest absolute Gasteiger partial charge is 0.464 e. The zero-order valence-electron chi connectivity index (χ0n) is 9.35. The maximum atomic E-state index is 11.4. The van der Waals surface area contributed by atoms with Gasteiger partial charge in [0, 0.05) is 5.02 Å². The molecular formula is C11H10ClN3O2. The molecule has 1 heterocycles. The Kier molecular flexibility index (Phi) is 3.10. The van der Waals surface area contributed by atoms with Crippen molar-refractivity contribution in [2.75, 3.05) is 7.11 Å². The number of rotatable bonds is 2. The Hall–Kier alpha value is -1.88. The number of ether oxygens (including phenoxy) is 1. The van der Waals surface area contributed by atoms with Crippen LogP contribution in [0.25, 0.3) is 5.69 Å². The lowest BCUT2D eigenvalue weighted by molar-refractivity contribution is 0.0592. The van der Waals surface area contributed by atoms with Gasteiger partial charge in [-0.25, -0.2) is 4.79 Å². The molecule has 1 aromatic carbocycles. The number of aromatic nitrogens is 3. The molecule has 0 amide bonds. The first-order chi connectivity index (χ1) is 8.11. The Morgan fingerprint density at radius 3 is 2.53 bits per heavy atom. The van der Waals surface area contributed by atoms with Crippen LogP contribution < -0.4 is 0 Å². The maximum absolute atomic E-state index is 11.4. The number of nitrogens with zero attached hydrogens (tertiary/aromatic N) is 3. The van der Waals surface area contributed by atoms with E-state index in [0.717, 1.165) is 5.69 Å². The standard InChI is InChI=1S/C11H10ClN3O2/c1-7-10(11(16)17-2)14-15(13-7)9-5-3-8(12)4-6-9/h3-6H,1-2H3. The van der Waals surface area contributed by atoms with Crippen molar-refractivity contribution < 1.29 is 9.53 Å². The Labute approximate surface area is 103 Å². The van der Waals surface area contributed by atoms with Gasteiger partial charge in [0.25, 0.3) is 0 Å². The van der Waals surface area contributed by atoms with Crippen LogP contribution in [-0.4, -0.2) is 28.1 Å². The van der Waals surface area contributed by atoms with Crippen molar-refractivity contribution in [2.45, 2.75) is 6.92 Å². The molecule has 0 radical (unpaired) electrons. The third kappa shape index (κ3) is 2.29. The number of esters is 1. The molecule has 0 unspecified atom stereocenters. The van der Waals surface area contributed by atoms with Gasteiger partial charge in [-0.15, -0.1) is 5.10 Å². The fourth-order valence-electron chi connectivity index (χ4n) is 1.35. The molecule has 6 heteroatoms. The fourth-order valence-corrected chi connectivity index (χ4v) is 1.48. The average Bonchev–Trinajstić information content (AvgIpc) is 2.71. The van der Waals surface area contributed by atoms with E-state index < -0.39 is 5.97 Å². The van der Waals surface area contributed by atoms with Crippen molar-refractivity contribution in [1.82, 2.24) is 15.0 Å². The van der Waals surface area contributed by atoms with Gasteiger partial charge in [-0.2, -0.15) is 9.90 Å². The highest BCUT2D eigenvalue weighted by atomic mass is 35.5. The molecular weight excluding hydrogens is 242 g/mol. The summed E-state index contributed by atoms with van der Waals surface area (Å²) in [4.78, 5) is 12.7. The Balaban J connectivity index is 2.41. The Morgan fingerprint density at radius 2 is 1.94 bits per heavy atom.